The molecule has 194 valence electrons. The Balaban J connectivity index is 0.000000275. The fraction of sp³-hybridized carbons (Fsp3) is 0.444. The van der Waals surface area contributed by atoms with Crippen LogP contribution in [-0.2, 0) is 4.79 Å². The van der Waals surface area contributed by atoms with Crippen molar-refractivity contribution < 1.29 is 18.4 Å². The van der Waals surface area contributed by atoms with Crippen LogP contribution >= 0.6 is 0 Å². The van der Waals surface area contributed by atoms with Gasteiger partial charge in [0.05, 0.1) is 29.6 Å². The zero-order valence-corrected chi connectivity index (χ0v) is 20.9. The van der Waals surface area contributed by atoms with Crippen LogP contribution in [0, 0.1) is 11.6 Å². The minimum Gasteiger partial charge on any atom is -0.350 e. The van der Waals surface area contributed by atoms with Crippen molar-refractivity contribution in [3.05, 3.63) is 72.3 Å². The molecular formula is C27H35F2N5O2. The average molecular weight is 500 g/mol. The van der Waals surface area contributed by atoms with Crippen LogP contribution in [0.15, 0.2) is 55.1 Å². The van der Waals surface area contributed by atoms with Gasteiger partial charge in [0.1, 0.15) is 11.6 Å². The van der Waals surface area contributed by atoms with Crippen LogP contribution < -0.4 is 10.6 Å². The number of aromatic nitrogens is 2. The largest absolute Gasteiger partial charge is 0.350 e. The summed E-state index contributed by atoms with van der Waals surface area (Å²) in [6.07, 6.45) is 10.3. The van der Waals surface area contributed by atoms with Crippen LogP contribution in [0.1, 0.15) is 56.3 Å². The van der Waals surface area contributed by atoms with Crippen molar-refractivity contribution in [2.24, 2.45) is 0 Å². The third-order valence-corrected chi connectivity index (χ3v) is 5.90. The van der Waals surface area contributed by atoms with Crippen LogP contribution in [-0.4, -0.2) is 57.8 Å². The van der Waals surface area contributed by atoms with Crippen LogP contribution in [0.25, 0.3) is 5.52 Å². The molecule has 1 aromatic carbocycles. The predicted molar refractivity (Wildman–Crippen MR) is 136 cm³/mol. The number of hydrogen-bond acceptors (Lipinski definition) is 4. The Bertz CT molecular complexity index is 1110. The highest BCUT2D eigenvalue weighted by atomic mass is 19.1. The van der Waals surface area contributed by atoms with Crippen LogP contribution in [0.2, 0.25) is 0 Å². The predicted octanol–water partition coefficient (Wildman–Crippen LogP) is 4.19. The number of pyridine rings is 1. The summed E-state index contributed by atoms with van der Waals surface area (Å²) in [6, 6.07) is 8.20. The van der Waals surface area contributed by atoms with E-state index in [0.29, 0.717) is 12.1 Å². The molecule has 0 spiro atoms. The molecule has 4 heterocycles. The van der Waals surface area contributed by atoms with E-state index in [4.69, 9.17) is 0 Å². The minimum atomic E-state index is -0.537. The summed E-state index contributed by atoms with van der Waals surface area (Å²) in [5.41, 5.74) is 1.47. The van der Waals surface area contributed by atoms with Crippen molar-refractivity contribution in [1.29, 1.82) is 0 Å². The second-order valence-electron chi connectivity index (χ2n) is 9.00. The second kappa shape index (κ2) is 13.7. The summed E-state index contributed by atoms with van der Waals surface area (Å²) in [5.74, 6) is -1.01. The van der Waals surface area contributed by atoms with E-state index in [1.807, 2.05) is 27.6 Å². The van der Waals surface area contributed by atoms with E-state index in [1.54, 1.807) is 12.5 Å². The molecule has 2 aliphatic heterocycles. The van der Waals surface area contributed by atoms with Crippen molar-refractivity contribution in [2.75, 3.05) is 19.6 Å². The van der Waals surface area contributed by atoms with E-state index >= 15 is 0 Å². The molecule has 2 N–H and O–H groups in total. The number of carbonyl (C=O) groups excluding carboxylic acids is 2. The molecule has 1 unspecified atom stereocenters. The van der Waals surface area contributed by atoms with E-state index in [9.17, 15) is 18.4 Å². The first-order valence-electron chi connectivity index (χ1n) is 12.6. The number of benzene rings is 1. The van der Waals surface area contributed by atoms with Gasteiger partial charge in [0.2, 0.25) is 5.91 Å². The van der Waals surface area contributed by atoms with Gasteiger partial charge in [-0.2, -0.15) is 0 Å². The number of amides is 2. The maximum atomic E-state index is 13.0. The molecule has 2 atom stereocenters. The van der Waals surface area contributed by atoms with Crippen LogP contribution in [0.4, 0.5) is 8.78 Å². The first-order valence-corrected chi connectivity index (χ1v) is 12.6. The highest BCUT2D eigenvalue weighted by Crippen LogP contribution is 2.18. The van der Waals surface area contributed by atoms with E-state index < -0.39 is 11.6 Å². The van der Waals surface area contributed by atoms with Crippen molar-refractivity contribution in [2.45, 2.75) is 58.0 Å². The lowest BCUT2D eigenvalue weighted by Crippen LogP contribution is -2.52. The number of rotatable bonds is 3. The lowest BCUT2D eigenvalue weighted by molar-refractivity contribution is -0.123. The SMILES string of the molecule is CCC.Fc1cccc(F)c1.O=C(N[C@H]1CCCN(C(=O)c2cccn3cncc23)C1)C1CCCN1. The van der Waals surface area contributed by atoms with Gasteiger partial charge in [0.25, 0.3) is 5.91 Å². The molecule has 0 bridgehead atoms. The lowest BCUT2D eigenvalue weighted by atomic mass is 10.0. The van der Waals surface area contributed by atoms with Crippen LogP contribution in [0.5, 0.6) is 0 Å². The molecule has 2 aliphatic rings. The number of nitrogens with zero attached hydrogens (tertiary/aromatic N) is 3. The van der Waals surface area contributed by atoms with Gasteiger partial charge in [-0.25, -0.2) is 13.8 Å². The summed E-state index contributed by atoms with van der Waals surface area (Å²) < 4.78 is 25.7. The first kappa shape index (κ1) is 27.3. The van der Waals surface area contributed by atoms with Gasteiger partial charge >= 0.3 is 0 Å². The molecular weight excluding hydrogens is 464 g/mol. The fourth-order valence-corrected chi connectivity index (χ4v) is 4.25. The summed E-state index contributed by atoms with van der Waals surface area (Å²) in [5, 5.41) is 6.34. The topological polar surface area (TPSA) is 78.7 Å². The molecule has 0 aliphatic carbocycles. The van der Waals surface area contributed by atoms with Gasteiger partial charge in [-0.15, -0.1) is 0 Å². The average Bonchev–Trinajstić information content (AvgIpc) is 3.57. The zero-order valence-electron chi connectivity index (χ0n) is 20.9. The van der Waals surface area contributed by atoms with Gasteiger partial charge in [-0.1, -0.05) is 26.3 Å². The summed E-state index contributed by atoms with van der Waals surface area (Å²) >= 11 is 0. The Labute approximate surface area is 210 Å². The van der Waals surface area contributed by atoms with Crippen LogP contribution in [0.3, 0.4) is 0 Å². The number of carbonyl (C=O) groups is 2. The quantitative estimate of drug-likeness (QED) is 0.567. The minimum absolute atomic E-state index is 0.00374. The maximum absolute atomic E-state index is 13.0. The summed E-state index contributed by atoms with van der Waals surface area (Å²) in [4.78, 5) is 31.2. The van der Waals surface area contributed by atoms with Crippen molar-refractivity contribution in [1.82, 2.24) is 24.9 Å². The molecule has 3 aromatic rings. The molecule has 7 nitrogen and oxygen atoms in total. The molecule has 0 radical (unpaired) electrons. The lowest BCUT2D eigenvalue weighted by Gasteiger charge is -2.33. The molecule has 0 saturated carbocycles. The number of fused-ring (bicyclic) bond motifs is 1. The van der Waals surface area contributed by atoms with Gasteiger partial charge in [0.15, 0.2) is 0 Å². The molecule has 2 amide bonds. The number of nitrogens with one attached hydrogen (secondary N) is 2. The van der Waals surface area contributed by atoms with Gasteiger partial charge in [-0.05, 0) is 56.5 Å². The Morgan fingerprint density at radius 1 is 1.11 bits per heavy atom. The second-order valence-corrected chi connectivity index (χ2v) is 9.00. The molecule has 2 fully saturated rings. The number of imidazole rings is 1. The third-order valence-electron chi connectivity index (χ3n) is 5.90. The first-order chi connectivity index (χ1) is 17.4. The Hall–Kier alpha value is -3.33. The van der Waals surface area contributed by atoms with E-state index in [-0.39, 0.29) is 23.9 Å². The van der Waals surface area contributed by atoms with Gasteiger partial charge in [0, 0.05) is 31.4 Å². The number of halogens is 2. The number of likely N-dealkylation sites (tertiary alicyclic amines) is 1. The van der Waals surface area contributed by atoms with E-state index in [2.05, 4.69) is 29.5 Å². The van der Waals surface area contributed by atoms with E-state index in [1.165, 1.54) is 24.6 Å². The van der Waals surface area contributed by atoms with Crippen molar-refractivity contribution in [3.63, 3.8) is 0 Å². The third kappa shape index (κ3) is 7.58. The molecule has 2 aromatic heterocycles. The van der Waals surface area contributed by atoms with E-state index in [0.717, 1.165) is 50.4 Å². The molecule has 2 saturated heterocycles. The normalized spacial score (nSPS) is 19.1. The number of piperidine rings is 1. The summed E-state index contributed by atoms with van der Waals surface area (Å²) in [6.45, 7) is 6.44. The Morgan fingerprint density at radius 3 is 2.50 bits per heavy atom. The van der Waals surface area contributed by atoms with Crippen molar-refractivity contribution in [3.8, 4) is 0 Å². The molecule has 5 rings (SSSR count). The highest BCUT2D eigenvalue weighted by Gasteiger charge is 2.29. The zero-order chi connectivity index (χ0) is 25.9. The van der Waals surface area contributed by atoms with Crippen molar-refractivity contribution >= 4 is 17.3 Å². The maximum Gasteiger partial charge on any atom is 0.256 e. The fourth-order valence-electron chi connectivity index (χ4n) is 4.25. The summed E-state index contributed by atoms with van der Waals surface area (Å²) in [7, 11) is 0. The smallest absolute Gasteiger partial charge is 0.256 e. The molecule has 36 heavy (non-hydrogen) atoms. The Kier molecular flexibility index (Phi) is 10.4. The number of hydrogen-bond donors (Lipinski definition) is 2. The Morgan fingerprint density at radius 2 is 1.86 bits per heavy atom. The van der Waals surface area contributed by atoms with Gasteiger partial charge in [-0.3, -0.25) is 9.59 Å². The monoisotopic (exact) mass is 499 g/mol. The standard InChI is InChI=1S/C18H23N5O2.C6H4F2.C3H8/c24-17(15-6-1-7-20-15)21-13-4-2-8-22(11-13)18(25)14-5-3-9-23-12-19-10-16(14)23;7-5-2-1-3-6(8)4-5;1-3-2/h3,5,9-10,12-13,15,20H,1-2,4,6-8,11H2,(H,21,24);1-4H;3H2,1-2H3/t13-,15?;;/m0../s1. The molecule has 9 heteroatoms. The van der Waals surface area contributed by atoms with Gasteiger partial charge < -0.3 is 19.9 Å². The highest BCUT2D eigenvalue weighted by molar-refractivity contribution is 6.00.